The Morgan fingerprint density at radius 2 is 1.93 bits per heavy atom. The largest absolute Gasteiger partial charge is 0.381 e. The molecule has 9 heteroatoms. The number of ether oxygens (including phenoxy) is 1. The summed E-state index contributed by atoms with van der Waals surface area (Å²) in [7, 11) is -3.58. The van der Waals surface area contributed by atoms with Crippen molar-refractivity contribution < 1.29 is 13.2 Å². The molecule has 0 bridgehead atoms. The second kappa shape index (κ2) is 7.73. The molecule has 3 heterocycles. The van der Waals surface area contributed by atoms with Gasteiger partial charge in [0.05, 0.1) is 30.2 Å². The third kappa shape index (κ3) is 4.08. The molecule has 0 spiro atoms. The average molecular weight is 399 g/mol. The molecule has 2 aliphatic rings. The standard InChI is InChI=1S/C19H21N5O3S/c20-13-24-10-16-17(11-24)21-19(22-18(16)15-4-2-1-3-5-15)23-28(25,26)12-14-6-8-27-9-7-14/h1-5,14H,6-12H2,(H,21,22,23). The highest BCUT2D eigenvalue weighted by molar-refractivity contribution is 7.92. The smallest absolute Gasteiger partial charge is 0.237 e. The number of nitrogens with one attached hydrogen (secondary N) is 1. The van der Waals surface area contributed by atoms with Gasteiger partial charge in [-0.2, -0.15) is 5.26 Å². The summed E-state index contributed by atoms with van der Waals surface area (Å²) in [5, 5.41) is 9.24. The second-order valence-electron chi connectivity index (χ2n) is 7.08. The minimum Gasteiger partial charge on any atom is -0.381 e. The van der Waals surface area contributed by atoms with Crippen LogP contribution in [0.15, 0.2) is 30.3 Å². The lowest BCUT2D eigenvalue weighted by atomic mass is 10.0. The SMILES string of the molecule is N#CN1Cc2nc(NS(=O)(=O)CC3CCOCC3)nc(-c3ccccc3)c2C1. The zero-order valence-electron chi connectivity index (χ0n) is 15.3. The van der Waals surface area contributed by atoms with Crippen molar-refractivity contribution in [1.29, 1.82) is 5.26 Å². The Bertz CT molecular complexity index is 998. The van der Waals surface area contributed by atoms with E-state index >= 15 is 0 Å². The van der Waals surface area contributed by atoms with E-state index in [2.05, 4.69) is 20.9 Å². The summed E-state index contributed by atoms with van der Waals surface area (Å²) in [5.74, 6) is 0.162. The lowest BCUT2D eigenvalue weighted by Gasteiger charge is -2.21. The van der Waals surface area contributed by atoms with Crippen LogP contribution >= 0.6 is 0 Å². The van der Waals surface area contributed by atoms with E-state index < -0.39 is 10.0 Å². The normalized spacial score (nSPS) is 17.2. The quantitative estimate of drug-likeness (QED) is 0.767. The third-order valence-corrected chi connectivity index (χ3v) is 6.42. The zero-order chi connectivity index (χ0) is 19.6. The molecule has 146 valence electrons. The van der Waals surface area contributed by atoms with Crippen LogP contribution in [0.4, 0.5) is 5.95 Å². The average Bonchev–Trinajstić information content (AvgIpc) is 3.11. The van der Waals surface area contributed by atoms with Gasteiger partial charge in [-0.1, -0.05) is 30.3 Å². The molecule has 0 aliphatic carbocycles. The summed E-state index contributed by atoms with van der Waals surface area (Å²) in [6.07, 6.45) is 3.60. The topological polar surface area (TPSA) is 108 Å². The summed E-state index contributed by atoms with van der Waals surface area (Å²) in [4.78, 5) is 10.5. The van der Waals surface area contributed by atoms with E-state index in [1.807, 2.05) is 30.3 Å². The zero-order valence-corrected chi connectivity index (χ0v) is 16.2. The summed E-state index contributed by atoms with van der Waals surface area (Å²) in [6.45, 7) is 1.96. The Morgan fingerprint density at radius 1 is 1.18 bits per heavy atom. The molecule has 1 fully saturated rings. The Kier molecular flexibility index (Phi) is 5.15. The predicted octanol–water partition coefficient (Wildman–Crippen LogP) is 2.11. The number of sulfonamides is 1. The van der Waals surface area contributed by atoms with Crippen LogP contribution in [-0.4, -0.2) is 42.3 Å². The van der Waals surface area contributed by atoms with Crippen molar-refractivity contribution in [2.24, 2.45) is 5.92 Å². The molecule has 1 aromatic heterocycles. The van der Waals surface area contributed by atoms with Crippen molar-refractivity contribution in [3.05, 3.63) is 41.6 Å². The fourth-order valence-electron chi connectivity index (χ4n) is 3.61. The van der Waals surface area contributed by atoms with Crippen LogP contribution < -0.4 is 4.72 Å². The van der Waals surface area contributed by atoms with Crippen molar-refractivity contribution in [2.75, 3.05) is 23.7 Å². The number of aromatic nitrogens is 2. The summed E-state index contributed by atoms with van der Waals surface area (Å²) >= 11 is 0. The molecule has 2 aliphatic heterocycles. The second-order valence-corrected chi connectivity index (χ2v) is 8.85. The maximum atomic E-state index is 12.6. The first-order valence-corrected chi connectivity index (χ1v) is 10.9. The summed E-state index contributed by atoms with van der Waals surface area (Å²) in [6, 6.07) is 9.53. The van der Waals surface area contributed by atoms with Gasteiger partial charge in [-0.3, -0.25) is 4.72 Å². The number of nitrogens with zero attached hydrogens (tertiary/aromatic N) is 4. The fraction of sp³-hybridized carbons (Fsp3) is 0.421. The Morgan fingerprint density at radius 3 is 2.64 bits per heavy atom. The molecule has 0 radical (unpaired) electrons. The molecule has 2 aromatic rings. The number of anilines is 1. The van der Waals surface area contributed by atoms with Crippen LogP contribution in [0.2, 0.25) is 0 Å². The highest BCUT2D eigenvalue weighted by Gasteiger charge is 2.27. The van der Waals surface area contributed by atoms with Gasteiger partial charge in [-0.05, 0) is 18.8 Å². The number of nitriles is 1. The number of rotatable bonds is 5. The van der Waals surface area contributed by atoms with Gasteiger partial charge in [-0.15, -0.1) is 0 Å². The van der Waals surface area contributed by atoms with Crippen LogP contribution in [0.25, 0.3) is 11.3 Å². The maximum absolute atomic E-state index is 12.6. The Hall–Kier alpha value is -2.70. The van der Waals surface area contributed by atoms with Crippen molar-refractivity contribution in [2.45, 2.75) is 25.9 Å². The first-order chi connectivity index (χ1) is 13.5. The Balaban J connectivity index is 1.64. The summed E-state index contributed by atoms with van der Waals surface area (Å²) in [5.41, 5.74) is 3.07. The molecule has 8 nitrogen and oxygen atoms in total. The van der Waals surface area contributed by atoms with Gasteiger partial charge in [0.1, 0.15) is 0 Å². The fourth-order valence-corrected chi connectivity index (χ4v) is 5.02. The molecule has 4 rings (SSSR count). The summed E-state index contributed by atoms with van der Waals surface area (Å²) < 4.78 is 33.1. The van der Waals surface area contributed by atoms with Crippen molar-refractivity contribution in [1.82, 2.24) is 14.9 Å². The number of hydrogen-bond donors (Lipinski definition) is 1. The van der Waals surface area contributed by atoms with E-state index in [4.69, 9.17) is 4.74 Å². The van der Waals surface area contributed by atoms with Crippen LogP contribution in [0.5, 0.6) is 0 Å². The molecule has 0 amide bonds. The first-order valence-electron chi connectivity index (χ1n) is 9.22. The molecule has 1 aromatic carbocycles. The van der Waals surface area contributed by atoms with Gasteiger partial charge >= 0.3 is 0 Å². The highest BCUT2D eigenvalue weighted by Crippen LogP contribution is 2.31. The molecular weight excluding hydrogens is 378 g/mol. The van der Waals surface area contributed by atoms with Crippen molar-refractivity contribution in [3.63, 3.8) is 0 Å². The van der Waals surface area contributed by atoms with Crippen LogP contribution in [-0.2, 0) is 27.8 Å². The van der Waals surface area contributed by atoms with E-state index in [0.717, 1.165) is 24.0 Å². The van der Waals surface area contributed by atoms with Gasteiger partial charge in [0.2, 0.25) is 16.0 Å². The van der Waals surface area contributed by atoms with Gasteiger partial charge in [0, 0.05) is 24.3 Å². The van der Waals surface area contributed by atoms with Gasteiger partial charge in [-0.25, -0.2) is 18.4 Å². The van der Waals surface area contributed by atoms with Crippen LogP contribution in [0.3, 0.4) is 0 Å². The lowest BCUT2D eigenvalue weighted by Crippen LogP contribution is -2.28. The van der Waals surface area contributed by atoms with Gasteiger partial charge in [0.15, 0.2) is 6.19 Å². The number of hydrogen-bond acceptors (Lipinski definition) is 7. The van der Waals surface area contributed by atoms with Gasteiger partial charge < -0.3 is 9.64 Å². The van der Waals surface area contributed by atoms with Crippen LogP contribution in [0, 0.1) is 17.4 Å². The van der Waals surface area contributed by atoms with Crippen LogP contribution in [0.1, 0.15) is 24.1 Å². The molecule has 0 unspecified atom stereocenters. The third-order valence-electron chi connectivity index (χ3n) is 5.01. The van der Waals surface area contributed by atoms with E-state index in [1.54, 1.807) is 4.90 Å². The minimum atomic E-state index is -3.58. The Labute approximate surface area is 164 Å². The molecule has 0 saturated carbocycles. The van der Waals surface area contributed by atoms with E-state index in [-0.39, 0.29) is 17.6 Å². The minimum absolute atomic E-state index is 0.0296. The molecule has 1 N–H and O–H groups in total. The molecular formula is C19H21N5O3S. The number of benzene rings is 1. The monoisotopic (exact) mass is 399 g/mol. The van der Waals surface area contributed by atoms with E-state index in [1.165, 1.54) is 0 Å². The lowest BCUT2D eigenvalue weighted by molar-refractivity contribution is 0.0724. The van der Waals surface area contributed by atoms with Crippen molar-refractivity contribution in [3.8, 4) is 17.5 Å². The predicted molar refractivity (Wildman–Crippen MR) is 103 cm³/mol. The number of fused-ring (bicyclic) bond motifs is 1. The molecule has 1 saturated heterocycles. The van der Waals surface area contributed by atoms with Gasteiger partial charge in [0.25, 0.3) is 0 Å². The van der Waals surface area contributed by atoms with Crippen molar-refractivity contribution >= 4 is 16.0 Å². The molecule has 0 atom stereocenters. The highest BCUT2D eigenvalue weighted by atomic mass is 32.2. The first kappa shape index (κ1) is 18.7. The molecule has 28 heavy (non-hydrogen) atoms. The van der Waals surface area contributed by atoms with E-state index in [0.29, 0.717) is 37.7 Å². The maximum Gasteiger partial charge on any atom is 0.237 e. The van der Waals surface area contributed by atoms with E-state index in [9.17, 15) is 13.7 Å².